The average Bonchev–Trinajstić information content (AvgIpc) is 2.06. The monoisotopic (exact) mass is 248 g/mol. The number of hydrogen-bond donors (Lipinski definition) is 0. The Morgan fingerprint density at radius 3 is 2.29 bits per heavy atom. The van der Waals surface area contributed by atoms with Crippen LogP contribution in [0.25, 0.3) is 0 Å². The molecular weight excluding hydrogens is 235 g/mol. The molecule has 0 aromatic heterocycles. The minimum absolute atomic E-state index is 0.0823. The molecule has 4 heteroatoms. The molecule has 0 amide bonds. The molecule has 0 unspecified atom stereocenters. The molecule has 14 heavy (non-hydrogen) atoms. The fourth-order valence-electron chi connectivity index (χ4n) is 1.26. The predicted molar refractivity (Wildman–Crippen MR) is 66.2 cm³/mol. The van der Waals surface area contributed by atoms with Crippen molar-refractivity contribution in [1.82, 2.24) is 0 Å². The van der Waals surface area contributed by atoms with Crippen molar-refractivity contribution in [3.63, 3.8) is 0 Å². The van der Waals surface area contributed by atoms with Gasteiger partial charge < -0.3 is 0 Å². The van der Waals surface area contributed by atoms with E-state index in [0.29, 0.717) is 9.92 Å². The molecule has 1 rings (SSSR count). The van der Waals surface area contributed by atoms with Crippen LogP contribution in [0.5, 0.6) is 0 Å². The van der Waals surface area contributed by atoms with Crippen LogP contribution < -0.4 is 5.19 Å². The number of benzene rings is 1. The number of rotatable bonds is 2. The highest BCUT2D eigenvalue weighted by molar-refractivity contribution is 7.98. The summed E-state index contributed by atoms with van der Waals surface area (Å²) in [5.74, 6) is -0.0823. The fourth-order valence-corrected chi connectivity index (χ4v) is 3.64. The van der Waals surface area contributed by atoms with Crippen LogP contribution in [0.15, 0.2) is 17.0 Å². The first-order valence-corrected chi connectivity index (χ1v) is 9.50. The van der Waals surface area contributed by atoms with Gasteiger partial charge >= 0.3 is 0 Å². The zero-order valence-corrected chi connectivity index (χ0v) is 11.4. The maximum atomic E-state index is 13.9. The Bertz CT molecular complexity index is 347. The third kappa shape index (κ3) is 2.52. The van der Waals surface area contributed by atoms with E-state index in [2.05, 4.69) is 19.6 Å². The van der Waals surface area contributed by atoms with E-state index in [4.69, 9.17) is 11.6 Å². The molecule has 0 atom stereocenters. The highest BCUT2D eigenvalue weighted by Crippen LogP contribution is 2.23. The Morgan fingerprint density at radius 1 is 1.29 bits per heavy atom. The molecule has 0 aliphatic rings. The lowest BCUT2D eigenvalue weighted by atomic mass is 10.3. The zero-order valence-electron chi connectivity index (χ0n) is 8.82. The van der Waals surface area contributed by atoms with E-state index in [1.54, 1.807) is 12.1 Å². The molecule has 0 saturated carbocycles. The lowest BCUT2D eigenvalue weighted by Gasteiger charge is -2.19. The molecule has 0 radical (unpaired) electrons. The highest BCUT2D eigenvalue weighted by Gasteiger charge is 2.23. The number of hydrogen-bond acceptors (Lipinski definition) is 1. The average molecular weight is 249 g/mol. The van der Waals surface area contributed by atoms with Crippen LogP contribution in [0.4, 0.5) is 4.39 Å². The van der Waals surface area contributed by atoms with Gasteiger partial charge in [0.05, 0.1) is 8.07 Å². The summed E-state index contributed by atoms with van der Waals surface area (Å²) in [6, 6.07) is 3.45. The van der Waals surface area contributed by atoms with Gasteiger partial charge in [-0.3, -0.25) is 0 Å². The minimum atomic E-state index is -1.63. The van der Waals surface area contributed by atoms with Crippen molar-refractivity contribution < 1.29 is 4.39 Å². The standard InChI is InChI=1S/C10H14ClFSSi/c1-13-8-5-7(11)6-9(10(8)12)14(2,3)4/h5-6H,1-4H3. The summed E-state index contributed by atoms with van der Waals surface area (Å²) in [6.45, 7) is 6.35. The van der Waals surface area contributed by atoms with Crippen LogP contribution in [0, 0.1) is 5.82 Å². The summed E-state index contributed by atoms with van der Waals surface area (Å²) < 4.78 is 13.9. The van der Waals surface area contributed by atoms with Crippen molar-refractivity contribution in [2.75, 3.05) is 6.26 Å². The third-order valence-corrected chi connectivity index (χ3v) is 4.97. The van der Waals surface area contributed by atoms with Crippen molar-refractivity contribution in [1.29, 1.82) is 0 Å². The first kappa shape index (κ1) is 12.1. The summed E-state index contributed by atoms with van der Waals surface area (Å²) in [4.78, 5) is 0.648. The molecule has 0 bridgehead atoms. The topological polar surface area (TPSA) is 0 Å². The van der Waals surface area contributed by atoms with Crippen LogP contribution in [0.2, 0.25) is 24.7 Å². The quantitative estimate of drug-likeness (QED) is 0.568. The highest BCUT2D eigenvalue weighted by atomic mass is 35.5. The van der Waals surface area contributed by atoms with Crippen molar-refractivity contribution in [3.8, 4) is 0 Å². The van der Waals surface area contributed by atoms with Gasteiger partial charge in [0.25, 0.3) is 0 Å². The molecule has 1 aromatic carbocycles. The van der Waals surface area contributed by atoms with Crippen LogP contribution in [0.1, 0.15) is 0 Å². The maximum Gasteiger partial charge on any atom is 0.136 e. The summed E-state index contributed by atoms with van der Waals surface area (Å²) >= 11 is 7.35. The van der Waals surface area contributed by atoms with E-state index in [1.807, 2.05) is 6.26 Å². The second-order valence-electron chi connectivity index (χ2n) is 4.22. The van der Waals surface area contributed by atoms with Gasteiger partial charge in [0.15, 0.2) is 0 Å². The third-order valence-electron chi connectivity index (χ3n) is 2.03. The fraction of sp³-hybridized carbons (Fsp3) is 0.400. The molecule has 0 nitrogen and oxygen atoms in total. The second-order valence-corrected chi connectivity index (χ2v) is 10.5. The molecule has 78 valence electrons. The van der Waals surface area contributed by atoms with E-state index < -0.39 is 8.07 Å². The summed E-state index contributed by atoms with van der Waals surface area (Å²) in [7, 11) is -1.63. The molecule has 1 aromatic rings. The molecule has 0 heterocycles. The summed E-state index contributed by atoms with van der Waals surface area (Å²) in [5, 5.41) is 1.45. The van der Waals surface area contributed by atoms with Gasteiger partial charge in [-0.2, -0.15) is 0 Å². The normalized spacial score (nSPS) is 11.9. The van der Waals surface area contributed by atoms with E-state index in [-0.39, 0.29) is 5.82 Å². The van der Waals surface area contributed by atoms with Crippen molar-refractivity contribution in [2.45, 2.75) is 24.5 Å². The van der Waals surface area contributed by atoms with Crippen LogP contribution >= 0.6 is 23.4 Å². The Hall–Kier alpha value is 0.00688. The van der Waals surface area contributed by atoms with Crippen molar-refractivity contribution in [2.24, 2.45) is 0 Å². The van der Waals surface area contributed by atoms with Crippen LogP contribution in [0.3, 0.4) is 0 Å². The first-order valence-electron chi connectivity index (χ1n) is 4.40. The van der Waals surface area contributed by atoms with E-state index in [9.17, 15) is 4.39 Å². The molecule has 0 spiro atoms. The molecule has 0 N–H and O–H groups in total. The summed E-state index contributed by atoms with van der Waals surface area (Å²) in [6.07, 6.45) is 1.86. The first-order chi connectivity index (χ1) is 6.36. The maximum absolute atomic E-state index is 13.9. The SMILES string of the molecule is CSc1cc(Cl)cc([Si](C)(C)C)c1F. The smallest absolute Gasteiger partial charge is 0.136 e. The van der Waals surface area contributed by atoms with Gasteiger partial charge in [0.2, 0.25) is 0 Å². The minimum Gasteiger partial charge on any atom is -0.206 e. The number of halogens is 2. The van der Waals surface area contributed by atoms with Crippen LogP contribution in [-0.4, -0.2) is 14.3 Å². The van der Waals surface area contributed by atoms with Gasteiger partial charge in [-0.25, -0.2) is 4.39 Å². The molecule has 0 aliphatic heterocycles. The number of thioether (sulfide) groups is 1. The van der Waals surface area contributed by atoms with Crippen LogP contribution in [-0.2, 0) is 0 Å². The van der Waals surface area contributed by atoms with Crippen molar-refractivity contribution in [3.05, 3.63) is 23.0 Å². The Morgan fingerprint density at radius 2 is 1.86 bits per heavy atom. The van der Waals surface area contributed by atoms with Gasteiger partial charge in [0, 0.05) is 9.92 Å². The lowest BCUT2D eigenvalue weighted by molar-refractivity contribution is 0.610. The second kappa shape index (κ2) is 4.25. The van der Waals surface area contributed by atoms with E-state index in [1.165, 1.54) is 11.8 Å². The van der Waals surface area contributed by atoms with E-state index >= 15 is 0 Å². The summed E-state index contributed by atoms with van der Waals surface area (Å²) in [5.41, 5.74) is 0. The predicted octanol–water partition coefficient (Wildman–Crippen LogP) is 3.75. The lowest BCUT2D eigenvalue weighted by Crippen LogP contribution is -2.40. The Labute approximate surface area is 94.9 Å². The van der Waals surface area contributed by atoms with Gasteiger partial charge in [-0.1, -0.05) is 31.2 Å². The van der Waals surface area contributed by atoms with Crippen molar-refractivity contribution >= 4 is 36.6 Å². The Kier molecular flexibility index (Phi) is 3.67. The molecule has 0 aliphatic carbocycles. The zero-order chi connectivity index (χ0) is 10.9. The Balaban J connectivity index is 3.37. The molecular formula is C10H14ClFSSi. The van der Waals surface area contributed by atoms with Gasteiger partial charge in [0.1, 0.15) is 5.82 Å². The van der Waals surface area contributed by atoms with Gasteiger partial charge in [-0.05, 0) is 23.6 Å². The van der Waals surface area contributed by atoms with E-state index in [0.717, 1.165) is 5.19 Å². The molecule has 0 fully saturated rings. The largest absolute Gasteiger partial charge is 0.206 e. The van der Waals surface area contributed by atoms with Gasteiger partial charge in [-0.15, -0.1) is 11.8 Å². The molecule has 0 saturated heterocycles.